The summed E-state index contributed by atoms with van der Waals surface area (Å²) in [5.41, 5.74) is 2.19. The molecule has 0 saturated carbocycles. The third kappa shape index (κ3) is 4.04. The molecule has 1 aromatic heterocycles. The van der Waals surface area contributed by atoms with E-state index in [0.29, 0.717) is 17.0 Å². The Bertz CT molecular complexity index is 1050. The molecule has 0 spiro atoms. The van der Waals surface area contributed by atoms with Gasteiger partial charge in [-0.2, -0.15) is 5.26 Å². The Kier molecular flexibility index (Phi) is 5.77. The molecule has 1 heterocycles. The molecule has 0 atom stereocenters. The highest BCUT2D eigenvalue weighted by Crippen LogP contribution is 2.27. The highest BCUT2D eigenvalue weighted by atomic mass is 16.6. The molecule has 28 heavy (non-hydrogen) atoms. The van der Waals surface area contributed by atoms with Crippen LogP contribution < -0.4 is 9.47 Å². The maximum absolute atomic E-state index is 10.2. The van der Waals surface area contributed by atoms with Gasteiger partial charge in [0.25, 0.3) is 0 Å². The summed E-state index contributed by atoms with van der Waals surface area (Å²) < 4.78 is 10.4. The number of benzene rings is 2. The molecule has 142 valence electrons. The lowest BCUT2D eigenvalue weighted by Crippen LogP contribution is -1.99. The number of nitrogens with zero attached hydrogens (tertiary/aromatic N) is 3. The lowest BCUT2D eigenvalue weighted by molar-refractivity contribution is 0.139. The van der Waals surface area contributed by atoms with Gasteiger partial charge in [0.2, 0.25) is 0 Å². The van der Waals surface area contributed by atoms with Gasteiger partial charge in [0, 0.05) is 5.56 Å². The van der Waals surface area contributed by atoms with Crippen molar-refractivity contribution < 1.29 is 19.4 Å². The van der Waals surface area contributed by atoms with E-state index in [2.05, 4.69) is 15.1 Å². The van der Waals surface area contributed by atoms with Crippen LogP contribution in [0.15, 0.2) is 53.4 Å². The SMILES string of the molecule is COc1ccc(C=NOCC(O)=C(C#N)c2nc3ccccc3[nH]2)cc1OC. The van der Waals surface area contributed by atoms with Gasteiger partial charge in [-0.25, -0.2) is 4.98 Å². The van der Waals surface area contributed by atoms with E-state index in [1.165, 1.54) is 6.21 Å². The molecule has 2 N–H and O–H groups in total. The number of allylic oxidation sites excluding steroid dienone is 1. The van der Waals surface area contributed by atoms with Crippen LogP contribution in [0.25, 0.3) is 16.6 Å². The number of nitriles is 1. The van der Waals surface area contributed by atoms with Crippen LogP contribution in [-0.4, -0.2) is 42.1 Å². The molecule has 8 nitrogen and oxygen atoms in total. The topological polar surface area (TPSA) is 113 Å². The van der Waals surface area contributed by atoms with Gasteiger partial charge in [0.1, 0.15) is 11.6 Å². The Balaban J connectivity index is 1.70. The van der Waals surface area contributed by atoms with Crippen molar-refractivity contribution in [3.05, 3.63) is 59.6 Å². The lowest BCUT2D eigenvalue weighted by atomic mass is 10.2. The zero-order valence-corrected chi connectivity index (χ0v) is 15.3. The molecule has 0 radical (unpaired) electrons. The molecule has 0 aliphatic heterocycles. The van der Waals surface area contributed by atoms with Gasteiger partial charge in [-0.1, -0.05) is 17.3 Å². The minimum absolute atomic E-state index is 0.00230. The zero-order chi connectivity index (χ0) is 19.9. The molecule has 0 amide bonds. The number of imidazole rings is 1. The van der Waals surface area contributed by atoms with Crippen LogP contribution in [0.1, 0.15) is 11.4 Å². The summed E-state index contributed by atoms with van der Waals surface area (Å²) in [6, 6.07) is 14.5. The normalized spacial score (nSPS) is 11.9. The number of rotatable bonds is 7. The highest BCUT2D eigenvalue weighted by molar-refractivity contribution is 5.83. The number of aliphatic hydroxyl groups excluding tert-OH is 1. The fourth-order valence-electron chi connectivity index (χ4n) is 2.53. The second-order valence-corrected chi connectivity index (χ2v) is 5.66. The molecule has 3 aromatic rings. The van der Waals surface area contributed by atoms with Crippen LogP contribution >= 0.6 is 0 Å². The summed E-state index contributed by atoms with van der Waals surface area (Å²) in [7, 11) is 3.10. The zero-order valence-electron chi connectivity index (χ0n) is 15.3. The molecule has 2 aromatic carbocycles. The lowest BCUT2D eigenvalue weighted by Gasteiger charge is -2.07. The largest absolute Gasteiger partial charge is 0.507 e. The van der Waals surface area contributed by atoms with Crippen LogP contribution in [0.2, 0.25) is 0 Å². The number of aromatic nitrogens is 2. The first-order valence-corrected chi connectivity index (χ1v) is 8.31. The molecule has 8 heteroatoms. The summed E-state index contributed by atoms with van der Waals surface area (Å²) in [6.45, 7) is -0.274. The number of nitrogens with one attached hydrogen (secondary N) is 1. The van der Waals surface area contributed by atoms with Gasteiger partial charge in [-0.15, -0.1) is 0 Å². The molecule has 0 saturated heterocycles. The van der Waals surface area contributed by atoms with Crippen LogP contribution in [0.3, 0.4) is 0 Å². The van der Waals surface area contributed by atoms with Crippen molar-refractivity contribution in [2.75, 3.05) is 20.8 Å². The number of oxime groups is 1. The van der Waals surface area contributed by atoms with Gasteiger partial charge < -0.3 is 24.4 Å². The smallest absolute Gasteiger partial charge is 0.175 e. The predicted octanol–water partition coefficient (Wildman–Crippen LogP) is 3.42. The minimum Gasteiger partial charge on any atom is -0.507 e. The Morgan fingerprint density at radius 2 is 2.00 bits per heavy atom. The van der Waals surface area contributed by atoms with E-state index >= 15 is 0 Å². The number of para-hydroxylation sites is 2. The number of methoxy groups -OCH3 is 2. The molecular weight excluding hydrogens is 360 g/mol. The monoisotopic (exact) mass is 378 g/mol. The molecule has 0 unspecified atom stereocenters. The van der Waals surface area contributed by atoms with E-state index in [-0.39, 0.29) is 23.8 Å². The minimum atomic E-state index is -0.274. The van der Waals surface area contributed by atoms with E-state index in [4.69, 9.17) is 14.3 Å². The molecule has 0 aliphatic rings. The second kappa shape index (κ2) is 8.60. The van der Waals surface area contributed by atoms with Crippen molar-refractivity contribution in [3.63, 3.8) is 0 Å². The summed E-state index contributed by atoms with van der Waals surface area (Å²) in [5, 5.41) is 23.4. The van der Waals surface area contributed by atoms with Crippen molar-refractivity contribution in [1.82, 2.24) is 9.97 Å². The average Bonchev–Trinajstić information content (AvgIpc) is 3.15. The number of hydrogen-bond acceptors (Lipinski definition) is 7. The van der Waals surface area contributed by atoms with Crippen molar-refractivity contribution >= 4 is 22.8 Å². The van der Waals surface area contributed by atoms with Crippen molar-refractivity contribution in [2.24, 2.45) is 5.16 Å². The number of fused-ring (bicyclic) bond motifs is 1. The Morgan fingerprint density at radius 1 is 1.21 bits per heavy atom. The fourth-order valence-corrected chi connectivity index (χ4v) is 2.53. The first kappa shape index (κ1) is 18.8. The summed E-state index contributed by atoms with van der Waals surface area (Å²) >= 11 is 0. The van der Waals surface area contributed by atoms with E-state index in [0.717, 1.165) is 11.1 Å². The van der Waals surface area contributed by atoms with Gasteiger partial charge in [0.05, 0.1) is 31.5 Å². The Labute approximate surface area is 161 Å². The number of aliphatic hydroxyl groups is 1. The van der Waals surface area contributed by atoms with Crippen molar-refractivity contribution in [3.8, 4) is 17.6 Å². The fraction of sp³-hybridized carbons (Fsp3) is 0.150. The first-order valence-electron chi connectivity index (χ1n) is 8.31. The first-order chi connectivity index (χ1) is 13.7. The van der Waals surface area contributed by atoms with Crippen molar-refractivity contribution in [1.29, 1.82) is 5.26 Å². The van der Waals surface area contributed by atoms with Gasteiger partial charge >= 0.3 is 0 Å². The predicted molar refractivity (Wildman–Crippen MR) is 104 cm³/mol. The van der Waals surface area contributed by atoms with Crippen LogP contribution in [0.4, 0.5) is 0 Å². The molecular formula is C20H18N4O4. The third-order valence-corrected chi connectivity index (χ3v) is 3.91. The third-order valence-electron chi connectivity index (χ3n) is 3.91. The van der Waals surface area contributed by atoms with Gasteiger partial charge in [-0.05, 0) is 30.3 Å². The molecule has 0 fully saturated rings. The van der Waals surface area contributed by atoms with Gasteiger partial charge in [-0.3, -0.25) is 0 Å². The number of H-pyrrole nitrogens is 1. The standard InChI is InChI=1S/C20H18N4O4/c1-26-18-8-7-13(9-19(18)27-2)11-22-28-12-17(25)14(10-21)20-23-15-5-3-4-6-16(15)24-20/h3-9,11,25H,12H2,1-2H3,(H,23,24). The number of ether oxygens (including phenoxy) is 2. The number of hydrogen-bond donors (Lipinski definition) is 2. The summed E-state index contributed by atoms with van der Waals surface area (Å²) in [5.74, 6) is 1.16. The number of aromatic amines is 1. The van der Waals surface area contributed by atoms with E-state index < -0.39 is 0 Å². The van der Waals surface area contributed by atoms with Gasteiger partial charge in [0.15, 0.2) is 29.7 Å². The van der Waals surface area contributed by atoms with E-state index in [1.54, 1.807) is 32.4 Å². The summed E-state index contributed by atoms with van der Waals surface area (Å²) in [6.07, 6.45) is 1.46. The van der Waals surface area contributed by atoms with Crippen LogP contribution in [0.5, 0.6) is 11.5 Å². The summed E-state index contributed by atoms with van der Waals surface area (Å²) in [4.78, 5) is 12.4. The van der Waals surface area contributed by atoms with Crippen LogP contribution in [-0.2, 0) is 4.84 Å². The molecule has 0 bridgehead atoms. The van der Waals surface area contributed by atoms with E-state index in [9.17, 15) is 10.4 Å². The Hall–Kier alpha value is -3.99. The molecule has 3 rings (SSSR count). The molecule has 0 aliphatic carbocycles. The highest BCUT2D eigenvalue weighted by Gasteiger charge is 2.13. The Morgan fingerprint density at radius 3 is 2.71 bits per heavy atom. The van der Waals surface area contributed by atoms with E-state index in [1.807, 2.05) is 30.3 Å². The van der Waals surface area contributed by atoms with Crippen LogP contribution in [0, 0.1) is 11.3 Å². The van der Waals surface area contributed by atoms with Crippen molar-refractivity contribution in [2.45, 2.75) is 0 Å². The maximum atomic E-state index is 10.2. The quantitative estimate of drug-likeness (QED) is 0.282. The maximum Gasteiger partial charge on any atom is 0.175 e. The second-order valence-electron chi connectivity index (χ2n) is 5.66. The average molecular weight is 378 g/mol.